The summed E-state index contributed by atoms with van der Waals surface area (Å²) in [5.41, 5.74) is 2.01. The highest BCUT2D eigenvalue weighted by atomic mass is 16.5. The Kier molecular flexibility index (Phi) is 6.01. The molecular formula is C22H24N2O3. The minimum absolute atomic E-state index is 0.0598. The van der Waals surface area contributed by atoms with E-state index in [0.29, 0.717) is 26.0 Å². The van der Waals surface area contributed by atoms with Gasteiger partial charge < -0.3 is 10.1 Å². The van der Waals surface area contributed by atoms with E-state index in [2.05, 4.69) is 10.3 Å². The lowest BCUT2D eigenvalue weighted by atomic mass is 9.99. The maximum absolute atomic E-state index is 12.2. The Bertz CT molecular complexity index is 949. The van der Waals surface area contributed by atoms with Crippen molar-refractivity contribution in [3.8, 4) is 5.75 Å². The monoisotopic (exact) mass is 364 g/mol. The first kappa shape index (κ1) is 18.8. The van der Waals surface area contributed by atoms with Crippen molar-refractivity contribution in [1.29, 1.82) is 0 Å². The standard InChI is InChI=1S/C22H24N2O3/c1-3-27-19-8-5-16(6-9-19)13-21(25)23-11-10-18-14-17-7-4-15(2)12-20(17)24-22(18)26/h4-9,12,14,18H,3,10-11,13H2,1-2H3,(H,23,25). The number of benzene rings is 2. The number of hydrogen-bond acceptors (Lipinski definition) is 3. The summed E-state index contributed by atoms with van der Waals surface area (Å²) >= 11 is 0. The molecule has 3 rings (SSSR count). The lowest BCUT2D eigenvalue weighted by molar-refractivity contribution is -0.122. The van der Waals surface area contributed by atoms with E-state index in [4.69, 9.17) is 4.74 Å². The highest BCUT2D eigenvalue weighted by Crippen LogP contribution is 2.13. The second-order valence-corrected chi connectivity index (χ2v) is 6.68. The van der Waals surface area contributed by atoms with Gasteiger partial charge in [-0.3, -0.25) is 9.59 Å². The number of amides is 2. The Morgan fingerprint density at radius 1 is 1.19 bits per heavy atom. The molecule has 0 spiro atoms. The van der Waals surface area contributed by atoms with Gasteiger partial charge in [-0.05, 0) is 54.8 Å². The predicted octanol–water partition coefficient (Wildman–Crippen LogP) is 1.70. The average Bonchev–Trinajstić information content (AvgIpc) is 2.64. The summed E-state index contributed by atoms with van der Waals surface area (Å²) in [5, 5.41) is 4.60. The van der Waals surface area contributed by atoms with Crippen LogP contribution in [0.2, 0.25) is 0 Å². The zero-order valence-electron chi connectivity index (χ0n) is 15.7. The molecule has 1 heterocycles. The van der Waals surface area contributed by atoms with Crippen LogP contribution in [0.15, 0.2) is 47.5 Å². The summed E-state index contributed by atoms with van der Waals surface area (Å²) in [6.45, 7) is 4.97. The smallest absolute Gasteiger partial charge is 0.253 e. The molecule has 140 valence electrons. The van der Waals surface area contributed by atoms with E-state index >= 15 is 0 Å². The van der Waals surface area contributed by atoms with Gasteiger partial charge >= 0.3 is 0 Å². The molecule has 1 unspecified atom stereocenters. The Balaban J connectivity index is 1.51. The van der Waals surface area contributed by atoms with Crippen LogP contribution >= 0.6 is 0 Å². The van der Waals surface area contributed by atoms with Crippen LogP contribution in [0.4, 0.5) is 0 Å². The molecule has 0 bridgehead atoms. The number of nitrogens with one attached hydrogen (secondary N) is 1. The van der Waals surface area contributed by atoms with Crippen LogP contribution < -0.4 is 20.6 Å². The van der Waals surface area contributed by atoms with Gasteiger partial charge in [0.2, 0.25) is 5.91 Å². The molecule has 0 saturated carbocycles. The molecule has 2 aromatic rings. The van der Waals surface area contributed by atoms with Crippen molar-refractivity contribution < 1.29 is 14.3 Å². The van der Waals surface area contributed by atoms with Crippen LogP contribution in [0.3, 0.4) is 0 Å². The lowest BCUT2D eigenvalue weighted by Gasteiger charge is -2.13. The van der Waals surface area contributed by atoms with Crippen LogP contribution in [0, 0.1) is 12.8 Å². The fraction of sp³-hybridized carbons (Fsp3) is 0.318. The molecular weight excluding hydrogens is 340 g/mol. The molecule has 1 atom stereocenters. The molecule has 1 N–H and O–H groups in total. The van der Waals surface area contributed by atoms with Gasteiger partial charge in [0.1, 0.15) is 5.75 Å². The highest BCUT2D eigenvalue weighted by molar-refractivity contribution is 5.86. The maximum atomic E-state index is 12.2. The summed E-state index contributed by atoms with van der Waals surface area (Å²) in [6, 6.07) is 13.4. The van der Waals surface area contributed by atoms with E-state index in [1.54, 1.807) is 0 Å². The number of nitrogens with zero attached hydrogens (tertiary/aromatic N) is 1. The van der Waals surface area contributed by atoms with Gasteiger partial charge in [0.05, 0.1) is 24.3 Å². The van der Waals surface area contributed by atoms with Crippen LogP contribution in [0.25, 0.3) is 6.08 Å². The van der Waals surface area contributed by atoms with Gasteiger partial charge in [-0.25, -0.2) is 4.99 Å². The van der Waals surface area contributed by atoms with Crippen molar-refractivity contribution in [3.63, 3.8) is 0 Å². The first-order chi connectivity index (χ1) is 13.0. The topological polar surface area (TPSA) is 67.8 Å². The molecule has 5 heteroatoms. The molecule has 1 aliphatic rings. The second kappa shape index (κ2) is 8.62. The lowest BCUT2D eigenvalue weighted by Crippen LogP contribution is -2.35. The Labute approximate surface area is 158 Å². The quantitative estimate of drug-likeness (QED) is 0.813. The summed E-state index contributed by atoms with van der Waals surface area (Å²) in [4.78, 5) is 28.5. The molecule has 0 saturated heterocycles. The van der Waals surface area contributed by atoms with Gasteiger partial charge in [-0.1, -0.05) is 30.3 Å². The average molecular weight is 364 g/mol. The van der Waals surface area contributed by atoms with Gasteiger partial charge in [-0.15, -0.1) is 0 Å². The number of fused-ring (bicyclic) bond motifs is 1. The number of ether oxygens (including phenoxy) is 1. The zero-order chi connectivity index (χ0) is 19.2. The molecule has 2 aromatic carbocycles. The molecule has 0 aromatic heterocycles. The van der Waals surface area contributed by atoms with E-state index in [1.807, 2.05) is 62.4 Å². The van der Waals surface area contributed by atoms with E-state index in [0.717, 1.165) is 27.5 Å². The van der Waals surface area contributed by atoms with Crippen molar-refractivity contribution in [1.82, 2.24) is 5.32 Å². The number of rotatable bonds is 7. The number of carbonyl (C=O) groups is 2. The summed E-state index contributed by atoms with van der Waals surface area (Å²) in [7, 11) is 0. The molecule has 0 fully saturated rings. The van der Waals surface area contributed by atoms with Crippen LogP contribution in [-0.4, -0.2) is 25.0 Å². The minimum atomic E-state index is -0.286. The Morgan fingerprint density at radius 3 is 2.70 bits per heavy atom. The minimum Gasteiger partial charge on any atom is -0.494 e. The third kappa shape index (κ3) is 5.03. The van der Waals surface area contributed by atoms with E-state index in [1.165, 1.54) is 0 Å². The summed E-state index contributed by atoms with van der Waals surface area (Å²) in [6.07, 6.45) is 2.80. The third-order valence-corrected chi connectivity index (χ3v) is 4.49. The van der Waals surface area contributed by atoms with Crippen molar-refractivity contribution in [2.45, 2.75) is 26.7 Å². The molecule has 2 amide bonds. The van der Waals surface area contributed by atoms with Crippen molar-refractivity contribution in [2.24, 2.45) is 10.9 Å². The molecule has 0 radical (unpaired) electrons. The maximum Gasteiger partial charge on any atom is 0.253 e. The van der Waals surface area contributed by atoms with Gasteiger partial charge in [0.15, 0.2) is 0 Å². The largest absolute Gasteiger partial charge is 0.494 e. The Hall–Kier alpha value is -2.95. The highest BCUT2D eigenvalue weighted by Gasteiger charge is 2.18. The van der Waals surface area contributed by atoms with E-state index in [-0.39, 0.29) is 17.7 Å². The second-order valence-electron chi connectivity index (χ2n) is 6.68. The summed E-state index contributed by atoms with van der Waals surface area (Å²) in [5.74, 6) is 0.308. The molecule has 5 nitrogen and oxygen atoms in total. The van der Waals surface area contributed by atoms with Crippen molar-refractivity contribution in [3.05, 3.63) is 64.2 Å². The first-order valence-electron chi connectivity index (χ1n) is 9.24. The first-order valence-corrected chi connectivity index (χ1v) is 9.24. The SMILES string of the molecule is CCOc1ccc(CC(=O)NCCC2C=c3ccc(C)cc3=NC2=O)cc1. The summed E-state index contributed by atoms with van der Waals surface area (Å²) < 4.78 is 5.39. The Morgan fingerprint density at radius 2 is 1.96 bits per heavy atom. The van der Waals surface area contributed by atoms with E-state index in [9.17, 15) is 9.59 Å². The van der Waals surface area contributed by atoms with Crippen LogP contribution in [0.5, 0.6) is 5.75 Å². The normalized spacial score (nSPS) is 15.3. The predicted molar refractivity (Wildman–Crippen MR) is 104 cm³/mol. The van der Waals surface area contributed by atoms with Gasteiger partial charge in [0.25, 0.3) is 5.91 Å². The zero-order valence-corrected chi connectivity index (χ0v) is 15.7. The molecule has 27 heavy (non-hydrogen) atoms. The van der Waals surface area contributed by atoms with Crippen molar-refractivity contribution in [2.75, 3.05) is 13.2 Å². The fourth-order valence-electron chi connectivity index (χ4n) is 3.07. The fourth-order valence-corrected chi connectivity index (χ4v) is 3.07. The number of carbonyl (C=O) groups excluding carboxylic acids is 2. The van der Waals surface area contributed by atoms with Crippen LogP contribution in [0.1, 0.15) is 24.5 Å². The van der Waals surface area contributed by atoms with Crippen LogP contribution in [-0.2, 0) is 16.0 Å². The number of hydrogen-bond donors (Lipinski definition) is 1. The van der Waals surface area contributed by atoms with E-state index < -0.39 is 0 Å². The molecule has 1 aliphatic heterocycles. The third-order valence-electron chi connectivity index (χ3n) is 4.49. The number of aryl methyl sites for hydroxylation is 1. The van der Waals surface area contributed by atoms with Gasteiger partial charge in [-0.2, -0.15) is 0 Å². The van der Waals surface area contributed by atoms with Gasteiger partial charge in [0, 0.05) is 6.54 Å². The molecule has 0 aliphatic carbocycles. The van der Waals surface area contributed by atoms with Crippen molar-refractivity contribution >= 4 is 17.9 Å².